The number of anilines is 1. The summed E-state index contributed by atoms with van der Waals surface area (Å²) in [7, 11) is 6.07. The number of nitrogens with one attached hydrogen (secondary N) is 2. The van der Waals surface area contributed by atoms with E-state index in [1.54, 1.807) is 36.7 Å². The van der Waals surface area contributed by atoms with Crippen molar-refractivity contribution >= 4 is 40.4 Å². The van der Waals surface area contributed by atoms with Gasteiger partial charge < -0.3 is 9.88 Å². The second-order valence-electron chi connectivity index (χ2n) is 6.68. The number of hydrogen-bond donors (Lipinski definition) is 2. The normalized spacial score (nSPS) is 11.2. The van der Waals surface area contributed by atoms with Gasteiger partial charge in [0.05, 0.1) is 23.9 Å². The SMILES string of the molecule is CON(C)C(=O)c1cc(SN(C)CC(=O)Nc2ccn(C)c(=O)c2)c2n[nH]c(F)c2c1. The van der Waals surface area contributed by atoms with Gasteiger partial charge in [-0.25, -0.2) is 9.37 Å². The Kier molecular flexibility index (Phi) is 6.73. The van der Waals surface area contributed by atoms with Crippen molar-refractivity contribution in [2.24, 2.45) is 7.05 Å². The molecule has 0 atom stereocenters. The summed E-state index contributed by atoms with van der Waals surface area (Å²) in [6.45, 7) is -0.0373. The molecule has 3 aromatic rings. The third kappa shape index (κ3) is 5.10. The van der Waals surface area contributed by atoms with Crippen molar-refractivity contribution in [3.05, 3.63) is 52.3 Å². The number of amides is 2. The van der Waals surface area contributed by atoms with Crippen molar-refractivity contribution in [1.29, 1.82) is 0 Å². The van der Waals surface area contributed by atoms with Crippen molar-refractivity contribution in [2.45, 2.75) is 4.90 Å². The number of carbonyl (C=O) groups excluding carboxylic acids is 2. The van der Waals surface area contributed by atoms with Crippen LogP contribution in [-0.4, -0.2) is 63.7 Å². The van der Waals surface area contributed by atoms with Crippen LogP contribution in [0.25, 0.3) is 10.9 Å². The van der Waals surface area contributed by atoms with E-state index >= 15 is 0 Å². The maximum Gasteiger partial charge on any atom is 0.277 e. The van der Waals surface area contributed by atoms with Crippen LogP contribution < -0.4 is 10.9 Å². The molecule has 164 valence electrons. The van der Waals surface area contributed by atoms with E-state index in [4.69, 9.17) is 4.84 Å². The third-order valence-corrected chi connectivity index (χ3v) is 5.34. The fourth-order valence-corrected chi connectivity index (χ4v) is 3.68. The lowest BCUT2D eigenvalue weighted by Gasteiger charge is -2.17. The van der Waals surface area contributed by atoms with Crippen LogP contribution in [0.2, 0.25) is 0 Å². The number of pyridine rings is 1. The molecule has 0 spiro atoms. The highest BCUT2D eigenvalue weighted by molar-refractivity contribution is 7.97. The summed E-state index contributed by atoms with van der Waals surface area (Å²) in [5.74, 6) is -1.48. The lowest BCUT2D eigenvalue weighted by molar-refractivity contribution is -0.116. The summed E-state index contributed by atoms with van der Waals surface area (Å²) in [6.07, 6.45) is 1.55. The third-order valence-electron chi connectivity index (χ3n) is 4.39. The van der Waals surface area contributed by atoms with Gasteiger partial charge in [-0.05, 0) is 37.2 Å². The highest BCUT2D eigenvalue weighted by atomic mass is 32.2. The second kappa shape index (κ2) is 9.29. The molecule has 31 heavy (non-hydrogen) atoms. The molecule has 0 unspecified atom stereocenters. The van der Waals surface area contributed by atoms with E-state index in [0.717, 1.165) is 17.0 Å². The zero-order chi connectivity index (χ0) is 22.7. The van der Waals surface area contributed by atoms with E-state index in [-0.39, 0.29) is 29.0 Å². The zero-order valence-electron chi connectivity index (χ0n) is 17.3. The first-order chi connectivity index (χ1) is 14.7. The van der Waals surface area contributed by atoms with Crippen molar-refractivity contribution < 1.29 is 18.8 Å². The number of hydrogen-bond acceptors (Lipinski definition) is 7. The number of halogens is 1. The fourth-order valence-electron chi connectivity index (χ4n) is 2.74. The molecule has 3 rings (SSSR count). The molecule has 1 aromatic carbocycles. The molecular formula is C19H21FN6O4S. The van der Waals surface area contributed by atoms with Crippen LogP contribution in [0.3, 0.4) is 0 Å². The molecule has 0 saturated heterocycles. The minimum atomic E-state index is -0.669. The van der Waals surface area contributed by atoms with Gasteiger partial charge in [0.25, 0.3) is 11.5 Å². The topological polar surface area (TPSA) is 113 Å². The van der Waals surface area contributed by atoms with E-state index in [1.807, 2.05) is 0 Å². The monoisotopic (exact) mass is 448 g/mol. The van der Waals surface area contributed by atoms with Gasteiger partial charge in [0.2, 0.25) is 11.9 Å². The van der Waals surface area contributed by atoms with Crippen LogP contribution in [0.4, 0.5) is 10.1 Å². The van der Waals surface area contributed by atoms with Crippen molar-refractivity contribution in [1.82, 2.24) is 24.1 Å². The molecule has 0 aliphatic heterocycles. The predicted octanol–water partition coefficient (Wildman–Crippen LogP) is 1.61. The van der Waals surface area contributed by atoms with E-state index < -0.39 is 11.9 Å². The Hall–Kier alpha value is -3.22. The number of benzene rings is 1. The number of aryl methyl sites for hydroxylation is 1. The standard InChI is InChI=1S/C19H21FN6O4S/c1-24-6-5-12(9-16(24)28)21-15(27)10-25(2)31-14-8-11(19(29)26(3)30-4)7-13-17(14)22-23-18(13)20/h5-9H,10H2,1-4H3,(H,21,27)(H,22,23). The number of nitrogens with zero attached hydrogens (tertiary/aromatic N) is 4. The minimum absolute atomic E-state index is 0.0373. The largest absolute Gasteiger partial charge is 0.325 e. The molecule has 2 N–H and O–H groups in total. The quantitative estimate of drug-likeness (QED) is 0.417. The molecule has 12 heteroatoms. The van der Waals surface area contributed by atoms with Gasteiger partial charge >= 0.3 is 0 Å². The fraction of sp³-hybridized carbons (Fsp3) is 0.263. The Bertz CT molecular complexity index is 1190. The summed E-state index contributed by atoms with van der Waals surface area (Å²) in [6, 6.07) is 5.88. The summed E-state index contributed by atoms with van der Waals surface area (Å²) in [4.78, 5) is 41.9. The number of rotatable bonds is 7. The number of aromatic nitrogens is 3. The van der Waals surface area contributed by atoms with E-state index in [0.29, 0.717) is 16.1 Å². The molecule has 2 amide bonds. The predicted molar refractivity (Wildman–Crippen MR) is 114 cm³/mol. The molecule has 2 heterocycles. The summed E-state index contributed by atoms with van der Waals surface area (Å²) >= 11 is 1.13. The summed E-state index contributed by atoms with van der Waals surface area (Å²) in [5, 5.41) is 10.1. The van der Waals surface area contributed by atoms with Gasteiger partial charge in [0.15, 0.2) is 0 Å². The smallest absolute Gasteiger partial charge is 0.277 e. The van der Waals surface area contributed by atoms with Gasteiger partial charge in [0.1, 0.15) is 5.52 Å². The maximum atomic E-state index is 14.1. The number of likely N-dealkylation sites (N-methyl/N-ethyl adjacent to an activating group) is 1. The van der Waals surface area contributed by atoms with E-state index in [2.05, 4.69) is 15.5 Å². The Morgan fingerprint density at radius 2 is 2.06 bits per heavy atom. The number of H-pyrrole nitrogens is 1. The number of aromatic amines is 1. The highest BCUT2D eigenvalue weighted by Crippen LogP contribution is 2.31. The minimum Gasteiger partial charge on any atom is -0.325 e. The van der Waals surface area contributed by atoms with Gasteiger partial charge in [-0.1, -0.05) is 0 Å². The van der Waals surface area contributed by atoms with Crippen molar-refractivity contribution in [3.8, 4) is 0 Å². The van der Waals surface area contributed by atoms with Crippen LogP contribution in [0, 0.1) is 5.95 Å². The first kappa shape index (κ1) is 22.5. The van der Waals surface area contributed by atoms with Crippen molar-refractivity contribution in [3.63, 3.8) is 0 Å². The highest BCUT2D eigenvalue weighted by Gasteiger charge is 2.20. The van der Waals surface area contributed by atoms with Crippen molar-refractivity contribution in [2.75, 3.05) is 33.1 Å². The van der Waals surface area contributed by atoms with Gasteiger partial charge in [-0.15, -0.1) is 0 Å². The molecule has 10 nitrogen and oxygen atoms in total. The average Bonchev–Trinajstić information content (AvgIpc) is 3.10. The van der Waals surface area contributed by atoms with E-state index in [1.165, 1.54) is 30.9 Å². The Balaban J connectivity index is 1.78. The lowest BCUT2D eigenvalue weighted by Crippen LogP contribution is -2.27. The lowest BCUT2D eigenvalue weighted by atomic mass is 10.1. The van der Waals surface area contributed by atoms with Gasteiger partial charge in [-0.3, -0.25) is 24.3 Å². The first-order valence-corrected chi connectivity index (χ1v) is 9.82. The summed E-state index contributed by atoms with van der Waals surface area (Å²) < 4.78 is 17.1. The Morgan fingerprint density at radius 1 is 1.32 bits per heavy atom. The molecule has 0 aliphatic carbocycles. The van der Waals surface area contributed by atoms with Crippen LogP contribution in [0.5, 0.6) is 0 Å². The van der Waals surface area contributed by atoms with Gasteiger partial charge in [-0.2, -0.15) is 9.49 Å². The number of hydroxylamine groups is 2. The summed E-state index contributed by atoms with van der Waals surface area (Å²) in [5.41, 5.74) is 0.681. The van der Waals surface area contributed by atoms with Crippen LogP contribution >= 0.6 is 11.9 Å². The van der Waals surface area contributed by atoms with E-state index in [9.17, 15) is 18.8 Å². The first-order valence-electron chi connectivity index (χ1n) is 9.05. The molecule has 0 aliphatic rings. The molecule has 2 aromatic heterocycles. The van der Waals surface area contributed by atoms with Crippen LogP contribution in [-0.2, 0) is 16.7 Å². The Labute approximate surface area is 181 Å². The number of carbonyl (C=O) groups is 2. The molecule has 0 radical (unpaired) electrons. The Morgan fingerprint density at radius 3 is 2.74 bits per heavy atom. The molecular weight excluding hydrogens is 427 g/mol. The molecule has 0 bridgehead atoms. The molecule has 0 fully saturated rings. The van der Waals surface area contributed by atoms with Gasteiger partial charge in [0, 0.05) is 37.6 Å². The number of fused-ring (bicyclic) bond motifs is 1. The maximum absolute atomic E-state index is 14.1. The van der Waals surface area contributed by atoms with Crippen LogP contribution in [0.15, 0.2) is 40.2 Å². The van der Waals surface area contributed by atoms with Crippen LogP contribution in [0.1, 0.15) is 10.4 Å². The molecule has 0 saturated carbocycles. The second-order valence-corrected chi connectivity index (χ2v) is 7.93. The average molecular weight is 448 g/mol. The zero-order valence-corrected chi connectivity index (χ0v) is 18.1.